The molecule has 5 heteroatoms. The summed E-state index contributed by atoms with van der Waals surface area (Å²) in [5, 5.41) is 0. The summed E-state index contributed by atoms with van der Waals surface area (Å²) in [4.78, 5) is 28.3. The van der Waals surface area contributed by atoms with Crippen LogP contribution in [0.15, 0.2) is 0 Å². The summed E-state index contributed by atoms with van der Waals surface area (Å²) in [5.74, 6) is 0.688. The van der Waals surface area contributed by atoms with Crippen molar-refractivity contribution in [1.29, 1.82) is 0 Å². The molecule has 0 spiro atoms. The molecule has 2 fully saturated rings. The average molecular weight is 296 g/mol. The van der Waals surface area contributed by atoms with E-state index in [0.29, 0.717) is 12.5 Å². The first-order chi connectivity index (χ1) is 9.70. The van der Waals surface area contributed by atoms with E-state index in [1.807, 2.05) is 32.7 Å². The third-order valence-corrected chi connectivity index (χ3v) is 4.43. The van der Waals surface area contributed by atoms with Crippen molar-refractivity contribution in [2.75, 3.05) is 13.6 Å². The number of nitrogens with zero attached hydrogens (tertiary/aromatic N) is 2. The Morgan fingerprint density at radius 3 is 2.38 bits per heavy atom. The Morgan fingerprint density at radius 2 is 1.86 bits per heavy atom. The van der Waals surface area contributed by atoms with Gasteiger partial charge >= 0.3 is 6.09 Å². The van der Waals surface area contributed by atoms with Gasteiger partial charge in [-0.15, -0.1) is 0 Å². The highest BCUT2D eigenvalue weighted by Crippen LogP contribution is 2.35. The summed E-state index contributed by atoms with van der Waals surface area (Å²) in [7, 11) is 1.86. The zero-order valence-electron chi connectivity index (χ0n) is 13.9. The summed E-state index contributed by atoms with van der Waals surface area (Å²) in [6.07, 6.45) is 3.64. The van der Waals surface area contributed by atoms with Crippen molar-refractivity contribution in [3.8, 4) is 0 Å². The number of rotatable bonds is 3. The lowest BCUT2D eigenvalue weighted by molar-refractivity contribution is -0.136. The maximum absolute atomic E-state index is 12.7. The van der Waals surface area contributed by atoms with Gasteiger partial charge in [-0.05, 0) is 59.3 Å². The smallest absolute Gasteiger partial charge is 0.410 e. The van der Waals surface area contributed by atoms with Gasteiger partial charge in [0.2, 0.25) is 5.91 Å². The number of hydrogen-bond donors (Lipinski definition) is 0. The van der Waals surface area contributed by atoms with Crippen molar-refractivity contribution in [3.05, 3.63) is 0 Å². The quantitative estimate of drug-likeness (QED) is 0.804. The zero-order valence-corrected chi connectivity index (χ0v) is 13.9. The SMILES string of the molecule is C[C@H](C1CC1)N(C)C(=O)[C@H]1CCCN1C(=O)OC(C)(C)C. The maximum atomic E-state index is 12.7. The predicted octanol–water partition coefficient (Wildman–Crippen LogP) is 2.64. The second-order valence-corrected chi connectivity index (χ2v) is 7.36. The van der Waals surface area contributed by atoms with Crippen LogP contribution in [0.1, 0.15) is 53.4 Å². The highest BCUT2D eigenvalue weighted by Gasteiger charge is 2.40. The van der Waals surface area contributed by atoms with Crippen molar-refractivity contribution in [2.45, 2.75) is 71.1 Å². The Bertz CT molecular complexity index is 412. The van der Waals surface area contributed by atoms with E-state index >= 15 is 0 Å². The first-order valence-corrected chi connectivity index (χ1v) is 7.97. The molecule has 1 saturated carbocycles. The third kappa shape index (κ3) is 3.89. The summed E-state index contributed by atoms with van der Waals surface area (Å²) >= 11 is 0. The predicted molar refractivity (Wildman–Crippen MR) is 80.9 cm³/mol. The van der Waals surface area contributed by atoms with Crippen LogP contribution in [0.5, 0.6) is 0 Å². The number of hydrogen-bond acceptors (Lipinski definition) is 3. The van der Waals surface area contributed by atoms with E-state index in [2.05, 4.69) is 6.92 Å². The third-order valence-electron chi connectivity index (χ3n) is 4.43. The summed E-state index contributed by atoms with van der Waals surface area (Å²) < 4.78 is 5.42. The molecule has 2 amide bonds. The molecular formula is C16H28N2O3. The van der Waals surface area contributed by atoms with Gasteiger partial charge in [-0.2, -0.15) is 0 Å². The van der Waals surface area contributed by atoms with Gasteiger partial charge in [0.15, 0.2) is 0 Å². The molecule has 0 N–H and O–H groups in total. The van der Waals surface area contributed by atoms with Crippen molar-refractivity contribution < 1.29 is 14.3 Å². The molecule has 2 rings (SSSR count). The highest BCUT2D eigenvalue weighted by molar-refractivity contribution is 5.86. The fourth-order valence-corrected chi connectivity index (χ4v) is 2.89. The number of carbonyl (C=O) groups excluding carboxylic acids is 2. The van der Waals surface area contributed by atoms with Crippen LogP contribution >= 0.6 is 0 Å². The van der Waals surface area contributed by atoms with Crippen molar-refractivity contribution in [2.24, 2.45) is 5.92 Å². The van der Waals surface area contributed by atoms with E-state index in [1.165, 1.54) is 12.8 Å². The lowest BCUT2D eigenvalue weighted by Gasteiger charge is -2.32. The van der Waals surface area contributed by atoms with Crippen LogP contribution in [0.3, 0.4) is 0 Å². The number of amides is 2. The Kier molecular flexibility index (Phi) is 4.49. The summed E-state index contributed by atoms with van der Waals surface area (Å²) in [6, 6.07) is -0.0929. The van der Waals surface area contributed by atoms with E-state index in [0.717, 1.165) is 12.8 Å². The van der Waals surface area contributed by atoms with Gasteiger partial charge in [0.25, 0.3) is 0 Å². The molecule has 0 unspecified atom stereocenters. The Morgan fingerprint density at radius 1 is 1.24 bits per heavy atom. The molecule has 2 atom stereocenters. The largest absolute Gasteiger partial charge is 0.444 e. The standard InChI is InChI=1S/C16H28N2O3/c1-11(12-8-9-12)17(5)14(19)13-7-6-10-18(13)15(20)21-16(2,3)4/h11-13H,6-10H2,1-5H3/t11-,13-/m1/s1. The number of ether oxygens (including phenoxy) is 1. The lowest BCUT2D eigenvalue weighted by atomic mass is 10.1. The molecule has 0 aromatic carbocycles. The van der Waals surface area contributed by atoms with Gasteiger partial charge < -0.3 is 9.64 Å². The van der Waals surface area contributed by atoms with Crippen LogP contribution in [-0.2, 0) is 9.53 Å². The molecule has 5 nitrogen and oxygen atoms in total. The second kappa shape index (κ2) is 5.85. The van der Waals surface area contributed by atoms with Gasteiger partial charge in [-0.3, -0.25) is 9.69 Å². The van der Waals surface area contributed by atoms with Gasteiger partial charge in [0, 0.05) is 19.6 Å². The van der Waals surface area contributed by atoms with E-state index in [4.69, 9.17) is 4.74 Å². The minimum Gasteiger partial charge on any atom is -0.444 e. The van der Waals surface area contributed by atoms with Crippen LogP contribution in [0, 0.1) is 5.92 Å². The fraction of sp³-hybridized carbons (Fsp3) is 0.875. The molecule has 2 aliphatic rings. The number of likely N-dealkylation sites (N-methyl/N-ethyl adjacent to an activating group) is 1. The molecule has 1 aliphatic carbocycles. The van der Waals surface area contributed by atoms with Gasteiger partial charge in [0.05, 0.1) is 0 Å². The Labute approximate surface area is 127 Å². The fourth-order valence-electron chi connectivity index (χ4n) is 2.89. The molecule has 1 aliphatic heterocycles. The van der Waals surface area contributed by atoms with E-state index < -0.39 is 5.60 Å². The lowest BCUT2D eigenvalue weighted by Crippen LogP contribution is -2.50. The topological polar surface area (TPSA) is 49.9 Å². The minimum atomic E-state index is -0.527. The van der Waals surface area contributed by atoms with Crippen LogP contribution in [0.2, 0.25) is 0 Å². The van der Waals surface area contributed by atoms with Gasteiger partial charge in [-0.1, -0.05) is 0 Å². The molecule has 0 aromatic heterocycles. The molecule has 120 valence electrons. The van der Waals surface area contributed by atoms with Crippen molar-refractivity contribution >= 4 is 12.0 Å². The normalized spacial score (nSPS) is 23.9. The van der Waals surface area contributed by atoms with E-state index in [-0.39, 0.29) is 24.1 Å². The Balaban J connectivity index is 2.00. The van der Waals surface area contributed by atoms with Crippen LogP contribution < -0.4 is 0 Å². The van der Waals surface area contributed by atoms with E-state index in [9.17, 15) is 9.59 Å². The molecule has 1 heterocycles. The summed E-state index contributed by atoms with van der Waals surface area (Å²) in [5.41, 5.74) is -0.527. The zero-order chi connectivity index (χ0) is 15.8. The van der Waals surface area contributed by atoms with Crippen molar-refractivity contribution in [1.82, 2.24) is 9.80 Å². The molecular weight excluding hydrogens is 268 g/mol. The Hall–Kier alpha value is -1.26. The second-order valence-electron chi connectivity index (χ2n) is 7.36. The molecule has 0 bridgehead atoms. The van der Waals surface area contributed by atoms with Crippen molar-refractivity contribution in [3.63, 3.8) is 0 Å². The number of likely N-dealkylation sites (tertiary alicyclic amines) is 1. The average Bonchev–Trinajstić information content (AvgIpc) is 3.10. The van der Waals surface area contributed by atoms with Gasteiger partial charge in [0.1, 0.15) is 11.6 Å². The van der Waals surface area contributed by atoms with E-state index in [1.54, 1.807) is 4.90 Å². The molecule has 0 aromatic rings. The first-order valence-electron chi connectivity index (χ1n) is 7.97. The highest BCUT2D eigenvalue weighted by atomic mass is 16.6. The molecule has 0 radical (unpaired) electrons. The number of carbonyl (C=O) groups is 2. The minimum absolute atomic E-state index is 0.0535. The first kappa shape index (κ1) is 16.1. The molecule has 21 heavy (non-hydrogen) atoms. The maximum Gasteiger partial charge on any atom is 0.410 e. The van der Waals surface area contributed by atoms with Gasteiger partial charge in [-0.25, -0.2) is 4.79 Å². The van der Waals surface area contributed by atoms with Crippen LogP contribution in [-0.4, -0.2) is 53.1 Å². The molecule has 1 saturated heterocycles. The monoisotopic (exact) mass is 296 g/mol. The summed E-state index contributed by atoms with van der Waals surface area (Å²) in [6.45, 7) is 8.25. The van der Waals surface area contributed by atoms with Crippen LogP contribution in [0.4, 0.5) is 4.79 Å². The van der Waals surface area contributed by atoms with Crippen LogP contribution in [0.25, 0.3) is 0 Å².